The molecule has 0 atom stereocenters. The zero-order chi connectivity index (χ0) is 19.1. The van der Waals surface area contributed by atoms with Crippen molar-refractivity contribution in [2.75, 3.05) is 0 Å². The Bertz CT molecular complexity index is 1180. The summed E-state index contributed by atoms with van der Waals surface area (Å²) in [6, 6.07) is 13.8. The van der Waals surface area contributed by atoms with Gasteiger partial charge in [0.05, 0.1) is 11.0 Å². The molecule has 28 heavy (non-hydrogen) atoms. The topological polar surface area (TPSA) is 103 Å². The highest BCUT2D eigenvalue weighted by atomic mass is 16.5. The summed E-state index contributed by atoms with van der Waals surface area (Å²) in [6.45, 7) is 0.497. The molecule has 7 nitrogen and oxygen atoms in total. The fourth-order valence-corrected chi connectivity index (χ4v) is 4.04. The Morgan fingerprint density at radius 3 is 2.61 bits per heavy atom. The first-order valence-electron chi connectivity index (χ1n) is 9.60. The molecule has 3 N–H and O–H groups in total. The number of hydrogen-bond donors (Lipinski definition) is 2. The van der Waals surface area contributed by atoms with E-state index in [1.165, 1.54) is 12.8 Å². The van der Waals surface area contributed by atoms with E-state index >= 15 is 0 Å². The molecule has 7 heteroatoms. The first-order valence-corrected chi connectivity index (χ1v) is 9.60. The Morgan fingerprint density at radius 1 is 1.11 bits per heavy atom. The van der Waals surface area contributed by atoms with Crippen LogP contribution in [0.4, 0.5) is 0 Å². The van der Waals surface area contributed by atoms with Gasteiger partial charge in [-0.3, -0.25) is 4.57 Å². The first-order chi connectivity index (χ1) is 13.7. The molecule has 5 rings (SSSR count). The van der Waals surface area contributed by atoms with Crippen LogP contribution in [0.25, 0.3) is 33.9 Å². The zero-order valence-corrected chi connectivity index (χ0v) is 15.4. The summed E-state index contributed by atoms with van der Waals surface area (Å²) in [5.74, 6) is 0.949. The number of H-pyrrole nitrogens is 1. The van der Waals surface area contributed by atoms with Crippen molar-refractivity contribution in [3.05, 3.63) is 58.5 Å². The second kappa shape index (κ2) is 6.76. The standard InChI is InChI=1S/C21H21N5O2/c22-12-13-5-7-14(8-6-13)19-24-20(28-25-19)15-9-10-18-17(11-15)23-21(27)26(18)16-3-1-2-4-16/h5-11,16H,1-4,12,22H2,(H,23,27). The Labute approximate surface area is 161 Å². The average molecular weight is 375 g/mol. The second-order valence-corrected chi connectivity index (χ2v) is 7.29. The van der Waals surface area contributed by atoms with Crippen LogP contribution in [0.15, 0.2) is 51.8 Å². The van der Waals surface area contributed by atoms with E-state index in [0.717, 1.165) is 40.6 Å². The van der Waals surface area contributed by atoms with E-state index in [9.17, 15) is 4.79 Å². The van der Waals surface area contributed by atoms with Gasteiger partial charge in [-0.25, -0.2) is 4.79 Å². The molecule has 1 fully saturated rings. The summed E-state index contributed by atoms with van der Waals surface area (Å²) in [6.07, 6.45) is 4.48. The summed E-state index contributed by atoms with van der Waals surface area (Å²) in [5.41, 5.74) is 10.0. The van der Waals surface area contributed by atoms with E-state index in [1.54, 1.807) is 0 Å². The van der Waals surface area contributed by atoms with Gasteiger partial charge in [0.15, 0.2) is 0 Å². The first kappa shape index (κ1) is 16.9. The monoisotopic (exact) mass is 375 g/mol. The van der Waals surface area contributed by atoms with E-state index < -0.39 is 0 Å². The molecule has 0 bridgehead atoms. The van der Waals surface area contributed by atoms with Gasteiger partial charge in [0.1, 0.15) is 0 Å². The molecule has 0 aliphatic heterocycles. The van der Waals surface area contributed by atoms with Crippen molar-refractivity contribution < 1.29 is 4.52 Å². The number of fused-ring (bicyclic) bond motifs is 1. The zero-order valence-electron chi connectivity index (χ0n) is 15.4. The average Bonchev–Trinajstić information content (AvgIpc) is 3.46. The summed E-state index contributed by atoms with van der Waals surface area (Å²) in [5, 5.41) is 4.09. The molecule has 0 radical (unpaired) electrons. The quantitative estimate of drug-likeness (QED) is 0.567. The third kappa shape index (κ3) is 2.84. The Morgan fingerprint density at radius 2 is 1.86 bits per heavy atom. The number of benzene rings is 2. The molecule has 4 aromatic rings. The molecule has 2 aromatic carbocycles. The number of aromatic amines is 1. The molecule has 0 unspecified atom stereocenters. The SMILES string of the molecule is NCc1ccc(-c2noc(-c3ccc4c(c3)[nH]c(=O)n4C3CCCC3)n2)cc1. The van der Waals surface area contributed by atoms with E-state index in [-0.39, 0.29) is 5.69 Å². The van der Waals surface area contributed by atoms with Gasteiger partial charge in [0.2, 0.25) is 5.82 Å². The number of nitrogens with one attached hydrogen (secondary N) is 1. The van der Waals surface area contributed by atoms with Crippen LogP contribution in [-0.4, -0.2) is 19.7 Å². The summed E-state index contributed by atoms with van der Waals surface area (Å²) < 4.78 is 7.36. The van der Waals surface area contributed by atoms with Crippen molar-refractivity contribution in [3.63, 3.8) is 0 Å². The molecule has 0 spiro atoms. The number of aromatic nitrogens is 4. The number of nitrogens with two attached hydrogens (primary N) is 1. The Balaban J connectivity index is 1.49. The molecule has 1 aliphatic rings. The van der Waals surface area contributed by atoms with Crippen molar-refractivity contribution in [2.24, 2.45) is 5.73 Å². The molecule has 2 aromatic heterocycles. The minimum absolute atomic E-state index is 0.0507. The molecule has 1 aliphatic carbocycles. The van der Waals surface area contributed by atoms with E-state index in [1.807, 2.05) is 47.0 Å². The predicted molar refractivity (Wildman–Crippen MR) is 107 cm³/mol. The van der Waals surface area contributed by atoms with E-state index in [4.69, 9.17) is 10.3 Å². The van der Waals surface area contributed by atoms with Gasteiger partial charge in [0.25, 0.3) is 5.89 Å². The highest BCUT2D eigenvalue weighted by molar-refractivity contribution is 5.80. The van der Waals surface area contributed by atoms with Gasteiger partial charge in [-0.15, -0.1) is 0 Å². The number of hydrogen-bond acceptors (Lipinski definition) is 5. The molecule has 142 valence electrons. The third-order valence-electron chi connectivity index (χ3n) is 5.53. The van der Waals surface area contributed by atoms with Crippen molar-refractivity contribution in [1.82, 2.24) is 19.7 Å². The largest absolute Gasteiger partial charge is 0.334 e. The Hall–Kier alpha value is -3.19. The highest BCUT2D eigenvalue weighted by Gasteiger charge is 2.21. The normalized spacial score (nSPS) is 14.9. The van der Waals surface area contributed by atoms with Crippen molar-refractivity contribution in [1.29, 1.82) is 0 Å². The molecule has 1 saturated carbocycles. The van der Waals surface area contributed by atoms with Crippen molar-refractivity contribution >= 4 is 11.0 Å². The van der Waals surface area contributed by atoms with Crippen LogP contribution in [0, 0.1) is 0 Å². The van der Waals surface area contributed by atoms with Crippen molar-refractivity contribution in [3.8, 4) is 22.8 Å². The number of imidazole rings is 1. The number of nitrogens with zero attached hydrogens (tertiary/aromatic N) is 3. The molecule has 0 amide bonds. The summed E-state index contributed by atoms with van der Waals surface area (Å²) in [4.78, 5) is 19.9. The smallest absolute Gasteiger partial charge is 0.326 e. The van der Waals surface area contributed by atoms with Crippen LogP contribution in [0.1, 0.15) is 37.3 Å². The molecular weight excluding hydrogens is 354 g/mol. The number of rotatable bonds is 4. The summed E-state index contributed by atoms with van der Waals surface area (Å²) >= 11 is 0. The lowest BCUT2D eigenvalue weighted by Gasteiger charge is -2.10. The van der Waals surface area contributed by atoms with Crippen LogP contribution in [0.5, 0.6) is 0 Å². The van der Waals surface area contributed by atoms with Gasteiger partial charge in [-0.05, 0) is 36.6 Å². The fourth-order valence-electron chi connectivity index (χ4n) is 4.04. The van der Waals surface area contributed by atoms with Crippen molar-refractivity contribution in [2.45, 2.75) is 38.3 Å². The summed E-state index contributed by atoms with van der Waals surface area (Å²) in [7, 11) is 0. The van der Waals surface area contributed by atoms with Gasteiger partial charge in [-0.1, -0.05) is 42.3 Å². The molecule has 2 heterocycles. The van der Waals surface area contributed by atoms with Crippen LogP contribution in [0.3, 0.4) is 0 Å². The van der Waals surface area contributed by atoms with E-state index in [0.29, 0.717) is 24.3 Å². The third-order valence-corrected chi connectivity index (χ3v) is 5.53. The highest BCUT2D eigenvalue weighted by Crippen LogP contribution is 2.32. The molecule has 0 saturated heterocycles. The van der Waals surface area contributed by atoms with Gasteiger partial charge < -0.3 is 15.2 Å². The fraction of sp³-hybridized carbons (Fsp3) is 0.286. The van der Waals surface area contributed by atoms with E-state index in [2.05, 4.69) is 15.1 Å². The van der Waals surface area contributed by atoms with Gasteiger partial charge in [0, 0.05) is 23.7 Å². The maximum Gasteiger partial charge on any atom is 0.326 e. The minimum atomic E-state index is -0.0507. The second-order valence-electron chi connectivity index (χ2n) is 7.29. The minimum Gasteiger partial charge on any atom is -0.334 e. The lowest BCUT2D eigenvalue weighted by Crippen LogP contribution is -2.20. The lowest BCUT2D eigenvalue weighted by molar-refractivity contribution is 0.432. The lowest BCUT2D eigenvalue weighted by atomic mass is 10.1. The molecular formula is C21H21N5O2. The van der Waals surface area contributed by atoms with Crippen LogP contribution in [0.2, 0.25) is 0 Å². The van der Waals surface area contributed by atoms with Gasteiger partial charge >= 0.3 is 5.69 Å². The van der Waals surface area contributed by atoms with Crippen LogP contribution in [-0.2, 0) is 6.54 Å². The van der Waals surface area contributed by atoms with Crippen LogP contribution >= 0.6 is 0 Å². The van der Waals surface area contributed by atoms with Gasteiger partial charge in [-0.2, -0.15) is 4.98 Å². The maximum atomic E-state index is 12.5. The Kier molecular flexibility index (Phi) is 4.09. The maximum absolute atomic E-state index is 12.5. The predicted octanol–water partition coefficient (Wildman–Crippen LogP) is 3.62. The van der Waals surface area contributed by atoms with Crippen LogP contribution < -0.4 is 11.4 Å².